The van der Waals surface area contributed by atoms with Crippen LogP contribution in [0, 0.1) is 0 Å². The lowest BCUT2D eigenvalue weighted by molar-refractivity contribution is -0.142. The Labute approximate surface area is 104 Å². The molecular formula is C11H13ClN2O3. The predicted octanol–water partition coefficient (Wildman–Crippen LogP) is 1.21. The van der Waals surface area contributed by atoms with Gasteiger partial charge in [0.25, 0.3) is 5.91 Å². The van der Waals surface area contributed by atoms with Crippen molar-refractivity contribution in [2.45, 2.75) is 13.0 Å². The zero-order valence-corrected chi connectivity index (χ0v) is 10.2. The molecule has 0 aliphatic carbocycles. The number of benzene rings is 1. The van der Waals surface area contributed by atoms with E-state index in [1.807, 2.05) is 0 Å². The summed E-state index contributed by atoms with van der Waals surface area (Å²) in [6, 6.07) is 3.78. The van der Waals surface area contributed by atoms with E-state index >= 15 is 0 Å². The van der Waals surface area contributed by atoms with E-state index in [4.69, 9.17) is 17.3 Å². The number of carbonyl (C=O) groups excluding carboxylic acids is 2. The fourth-order valence-electron chi connectivity index (χ4n) is 1.18. The Hall–Kier alpha value is -1.75. The molecule has 17 heavy (non-hydrogen) atoms. The van der Waals surface area contributed by atoms with E-state index in [0.717, 1.165) is 0 Å². The van der Waals surface area contributed by atoms with E-state index in [1.165, 1.54) is 32.2 Å². The van der Waals surface area contributed by atoms with Gasteiger partial charge in [-0.25, -0.2) is 4.79 Å². The number of hydrogen-bond acceptors (Lipinski definition) is 4. The van der Waals surface area contributed by atoms with Gasteiger partial charge in [-0.1, -0.05) is 11.6 Å². The number of methoxy groups -OCH3 is 1. The molecule has 1 aromatic rings. The van der Waals surface area contributed by atoms with Crippen molar-refractivity contribution >= 4 is 29.2 Å². The zero-order valence-electron chi connectivity index (χ0n) is 9.49. The van der Waals surface area contributed by atoms with Gasteiger partial charge in [0, 0.05) is 5.56 Å². The third kappa shape index (κ3) is 3.35. The molecular weight excluding hydrogens is 244 g/mol. The number of carbonyl (C=O) groups is 2. The molecule has 0 bridgehead atoms. The number of hydrogen-bond donors (Lipinski definition) is 2. The van der Waals surface area contributed by atoms with Crippen molar-refractivity contribution in [1.29, 1.82) is 0 Å². The number of amides is 1. The van der Waals surface area contributed by atoms with Crippen molar-refractivity contribution < 1.29 is 14.3 Å². The van der Waals surface area contributed by atoms with Crippen LogP contribution < -0.4 is 11.1 Å². The molecule has 0 unspecified atom stereocenters. The molecule has 3 N–H and O–H groups in total. The molecule has 1 rings (SSSR count). The summed E-state index contributed by atoms with van der Waals surface area (Å²) < 4.78 is 4.49. The molecule has 0 aliphatic rings. The van der Waals surface area contributed by atoms with Gasteiger partial charge in [0.05, 0.1) is 17.8 Å². The molecule has 92 valence electrons. The first-order valence-corrected chi connectivity index (χ1v) is 5.27. The van der Waals surface area contributed by atoms with Gasteiger partial charge in [0.1, 0.15) is 6.04 Å². The molecule has 0 aliphatic heterocycles. The van der Waals surface area contributed by atoms with Gasteiger partial charge in [-0.05, 0) is 25.1 Å². The van der Waals surface area contributed by atoms with E-state index in [-0.39, 0.29) is 0 Å². The van der Waals surface area contributed by atoms with Crippen LogP contribution in [0.5, 0.6) is 0 Å². The number of rotatable bonds is 3. The van der Waals surface area contributed by atoms with Crippen LogP contribution in [0.25, 0.3) is 0 Å². The van der Waals surface area contributed by atoms with E-state index < -0.39 is 17.9 Å². The summed E-state index contributed by atoms with van der Waals surface area (Å²) in [6.07, 6.45) is 0. The fourth-order valence-corrected chi connectivity index (χ4v) is 1.36. The highest BCUT2D eigenvalue weighted by Gasteiger charge is 2.17. The van der Waals surface area contributed by atoms with Crippen LogP contribution in [0.4, 0.5) is 5.69 Å². The predicted molar refractivity (Wildman–Crippen MR) is 64.8 cm³/mol. The van der Waals surface area contributed by atoms with Gasteiger partial charge < -0.3 is 15.8 Å². The Bertz CT molecular complexity index is 448. The van der Waals surface area contributed by atoms with Crippen LogP contribution >= 0.6 is 11.6 Å². The number of ether oxygens (including phenoxy) is 1. The number of halogens is 1. The van der Waals surface area contributed by atoms with Gasteiger partial charge in [-0.2, -0.15) is 0 Å². The Morgan fingerprint density at radius 3 is 2.65 bits per heavy atom. The standard InChI is InChI=1S/C11H13ClN2O3/c1-6(11(16)17-2)14-10(15)7-3-4-9(13)8(12)5-7/h3-6H,13H2,1-2H3,(H,14,15)/t6-/m0/s1. The first-order chi connectivity index (χ1) is 7.95. The van der Waals surface area contributed by atoms with Crippen molar-refractivity contribution in [1.82, 2.24) is 5.32 Å². The van der Waals surface area contributed by atoms with Crippen molar-refractivity contribution in [3.8, 4) is 0 Å². The maximum atomic E-state index is 11.7. The average Bonchev–Trinajstić information content (AvgIpc) is 2.31. The molecule has 0 fully saturated rings. The van der Waals surface area contributed by atoms with E-state index in [0.29, 0.717) is 16.3 Å². The second kappa shape index (κ2) is 5.54. The normalized spacial score (nSPS) is 11.7. The summed E-state index contributed by atoms with van der Waals surface area (Å²) in [5.41, 5.74) is 6.25. The minimum absolute atomic E-state index is 0.295. The summed E-state index contributed by atoms with van der Waals surface area (Å²) in [5, 5.41) is 2.78. The summed E-state index contributed by atoms with van der Waals surface area (Å²) in [6.45, 7) is 1.53. The molecule has 1 aromatic carbocycles. The van der Waals surface area contributed by atoms with Crippen LogP contribution in [0.15, 0.2) is 18.2 Å². The lowest BCUT2D eigenvalue weighted by Gasteiger charge is -2.11. The zero-order chi connectivity index (χ0) is 13.0. The van der Waals surface area contributed by atoms with Crippen molar-refractivity contribution in [3.05, 3.63) is 28.8 Å². The highest BCUT2D eigenvalue weighted by atomic mass is 35.5. The van der Waals surface area contributed by atoms with Gasteiger partial charge >= 0.3 is 5.97 Å². The molecule has 0 saturated heterocycles. The molecule has 1 amide bonds. The Morgan fingerprint density at radius 2 is 2.12 bits per heavy atom. The van der Waals surface area contributed by atoms with E-state index in [1.54, 1.807) is 0 Å². The highest BCUT2D eigenvalue weighted by Crippen LogP contribution is 2.19. The largest absolute Gasteiger partial charge is 0.467 e. The molecule has 0 aromatic heterocycles. The van der Waals surface area contributed by atoms with Crippen LogP contribution in [0.2, 0.25) is 5.02 Å². The third-order valence-corrected chi connectivity index (χ3v) is 2.49. The highest BCUT2D eigenvalue weighted by molar-refractivity contribution is 6.33. The van der Waals surface area contributed by atoms with Crippen molar-refractivity contribution in [2.24, 2.45) is 0 Å². The monoisotopic (exact) mass is 256 g/mol. The first kappa shape index (κ1) is 13.3. The van der Waals surface area contributed by atoms with Gasteiger partial charge in [-0.15, -0.1) is 0 Å². The number of anilines is 1. The lowest BCUT2D eigenvalue weighted by Crippen LogP contribution is -2.39. The third-order valence-electron chi connectivity index (χ3n) is 2.16. The Kier molecular flexibility index (Phi) is 4.34. The minimum Gasteiger partial charge on any atom is -0.467 e. The number of nitrogens with one attached hydrogen (secondary N) is 1. The molecule has 0 spiro atoms. The number of esters is 1. The summed E-state index contributed by atoms with van der Waals surface area (Å²) in [5.74, 6) is -0.926. The maximum absolute atomic E-state index is 11.7. The molecule has 0 heterocycles. The molecule has 5 nitrogen and oxygen atoms in total. The quantitative estimate of drug-likeness (QED) is 0.629. The van der Waals surface area contributed by atoms with Gasteiger partial charge in [0.2, 0.25) is 0 Å². The molecule has 1 atom stereocenters. The molecule has 6 heteroatoms. The molecule has 0 saturated carbocycles. The second-order valence-electron chi connectivity index (χ2n) is 3.45. The lowest BCUT2D eigenvalue weighted by atomic mass is 10.2. The minimum atomic E-state index is -0.719. The van der Waals surface area contributed by atoms with Crippen LogP contribution in [0.3, 0.4) is 0 Å². The topological polar surface area (TPSA) is 81.4 Å². The van der Waals surface area contributed by atoms with Crippen LogP contribution in [-0.2, 0) is 9.53 Å². The number of nitrogen functional groups attached to an aromatic ring is 1. The van der Waals surface area contributed by atoms with E-state index in [2.05, 4.69) is 10.1 Å². The second-order valence-corrected chi connectivity index (χ2v) is 3.86. The van der Waals surface area contributed by atoms with Crippen molar-refractivity contribution in [2.75, 3.05) is 12.8 Å². The summed E-state index contributed by atoms with van der Waals surface area (Å²) in [4.78, 5) is 22.8. The summed E-state index contributed by atoms with van der Waals surface area (Å²) in [7, 11) is 1.26. The Morgan fingerprint density at radius 1 is 1.47 bits per heavy atom. The summed E-state index contributed by atoms with van der Waals surface area (Å²) >= 11 is 5.79. The smallest absolute Gasteiger partial charge is 0.328 e. The van der Waals surface area contributed by atoms with Crippen LogP contribution in [0.1, 0.15) is 17.3 Å². The molecule has 0 radical (unpaired) electrons. The first-order valence-electron chi connectivity index (χ1n) is 4.89. The average molecular weight is 257 g/mol. The van der Waals surface area contributed by atoms with Crippen LogP contribution in [-0.4, -0.2) is 25.0 Å². The SMILES string of the molecule is COC(=O)[C@H](C)NC(=O)c1ccc(N)c(Cl)c1. The van der Waals surface area contributed by atoms with Crippen molar-refractivity contribution in [3.63, 3.8) is 0 Å². The van der Waals surface area contributed by atoms with Gasteiger partial charge in [0.15, 0.2) is 0 Å². The Balaban J connectivity index is 2.76. The fraction of sp³-hybridized carbons (Fsp3) is 0.273. The number of nitrogens with two attached hydrogens (primary N) is 1. The van der Waals surface area contributed by atoms with Gasteiger partial charge in [-0.3, -0.25) is 4.79 Å². The van der Waals surface area contributed by atoms with E-state index in [9.17, 15) is 9.59 Å². The maximum Gasteiger partial charge on any atom is 0.328 e.